The number of carboxylic acid groups (broad SMARTS) is 1. The highest BCUT2D eigenvalue weighted by Crippen LogP contribution is 2.28. The van der Waals surface area contributed by atoms with Gasteiger partial charge >= 0.3 is 5.97 Å². The van der Waals surface area contributed by atoms with Crippen LogP contribution in [0.1, 0.15) is 36.4 Å². The van der Waals surface area contributed by atoms with Gasteiger partial charge in [-0.2, -0.15) is 0 Å². The highest BCUT2D eigenvalue weighted by Gasteiger charge is 2.31. The van der Waals surface area contributed by atoms with E-state index in [1.54, 1.807) is 0 Å². The second-order valence-corrected chi connectivity index (χ2v) is 8.80. The molecule has 2 aromatic carbocycles. The molecule has 0 spiro atoms. The third-order valence-corrected chi connectivity index (χ3v) is 5.81. The monoisotopic (exact) mass is 434 g/mol. The van der Waals surface area contributed by atoms with Crippen molar-refractivity contribution in [2.45, 2.75) is 46.2 Å². The molecule has 168 valence electrons. The predicted octanol–water partition coefficient (Wildman–Crippen LogP) is 4.74. The molecule has 6 heteroatoms. The third kappa shape index (κ3) is 5.02. The first-order valence-corrected chi connectivity index (χ1v) is 11.1. The van der Waals surface area contributed by atoms with Crippen LogP contribution in [0, 0.1) is 12.8 Å². The molecule has 2 heterocycles. The molecule has 0 fully saturated rings. The summed E-state index contributed by atoms with van der Waals surface area (Å²) in [6.07, 6.45) is 1.18. The molecule has 1 aliphatic rings. The fraction of sp³-hybridized carbons (Fsp3) is 0.385. The smallest absolute Gasteiger partial charge is 0.321 e. The molecule has 1 N–H and O–H groups in total. The number of aryl methyl sites for hydroxylation is 1. The Bertz CT molecular complexity index is 1070. The zero-order chi connectivity index (χ0) is 22.7. The summed E-state index contributed by atoms with van der Waals surface area (Å²) in [7, 11) is 0. The minimum atomic E-state index is -0.755. The van der Waals surface area contributed by atoms with Gasteiger partial charge in [0.25, 0.3) is 0 Å². The normalized spacial score (nSPS) is 16.2. The van der Waals surface area contributed by atoms with Gasteiger partial charge in [-0.15, -0.1) is 0 Å². The maximum atomic E-state index is 11.7. The van der Waals surface area contributed by atoms with Gasteiger partial charge in [0.05, 0.1) is 12.3 Å². The number of benzene rings is 2. The minimum Gasteiger partial charge on any atom is -0.493 e. The molecule has 0 bridgehead atoms. The molecular weight excluding hydrogens is 404 g/mol. The van der Waals surface area contributed by atoms with Crippen molar-refractivity contribution in [3.05, 3.63) is 71.1 Å². The van der Waals surface area contributed by atoms with Gasteiger partial charge < -0.3 is 14.3 Å². The van der Waals surface area contributed by atoms with Crippen LogP contribution in [-0.4, -0.2) is 40.2 Å². The number of carbonyl (C=O) groups is 1. The summed E-state index contributed by atoms with van der Waals surface area (Å²) in [5.41, 5.74) is 4.09. The van der Waals surface area contributed by atoms with Crippen molar-refractivity contribution < 1.29 is 19.1 Å². The number of oxazole rings is 1. The van der Waals surface area contributed by atoms with E-state index in [-0.39, 0.29) is 0 Å². The molecule has 1 aliphatic heterocycles. The molecule has 6 nitrogen and oxygen atoms in total. The Morgan fingerprint density at radius 2 is 2.00 bits per heavy atom. The van der Waals surface area contributed by atoms with E-state index in [0.29, 0.717) is 37.8 Å². The molecule has 0 unspecified atom stereocenters. The molecule has 4 rings (SSSR count). The number of aliphatic carboxylic acids is 1. The summed E-state index contributed by atoms with van der Waals surface area (Å²) in [6, 6.07) is 15.4. The second-order valence-electron chi connectivity index (χ2n) is 8.80. The number of aromatic nitrogens is 1. The van der Waals surface area contributed by atoms with Gasteiger partial charge in [-0.1, -0.05) is 38.1 Å². The van der Waals surface area contributed by atoms with Crippen LogP contribution in [0.15, 0.2) is 52.9 Å². The van der Waals surface area contributed by atoms with E-state index in [4.69, 9.17) is 9.15 Å². The lowest BCUT2D eigenvalue weighted by Gasteiger charge is -2.35. The Labute approximate surface area is 188 Å². The van der Waals surface area contributed by atoms with Gasteiger partial charge in [-0.25, -0.2) is 4.98 Å². The molecule has 0 radical (unpaired) electrons. The molecular formula is C26H30N2O4. The summed E-state index contributed by atoms with van der Waals surface area (Å²) in [6.45, 7) is 8.04. The summed E-state index contributed by atoms with van der Waals surface area (Å²) >= 11 is 0. The van der Waals surface area contributed by atoms with Gasteiger partial charge in [0.1, 0.15) is 17.6 Å². The summed E-state index contributed by atoms with van der Waals surface area (Å²) in [5.74, 6) is 1.89. The second kappa shape index (κ2) is 9.57. The maximum Gasteiger partial charge on any atom is 0.321 e. The van der Waals surface area contributed by atoms with Crippen molar-refractivity contribution in [1.82, 2.24) is 9.88 Å². The fourth-order valence-corrected chi connectivity index (χ4v) is 4.24. The highest BCUT2D eigenvalue weighted by atomic mass is 16.5. The highest BCUT2D eigenvalue weighted by molar-refractivity contribution is 5.74. The number of rotatable bonds is 8. The van der Waals surface area contributed by atoms with Gasteiger partial charge in [0.15, 0.2) is 0 Å². The average Bonchev–Trinajstić information content (AvgIpc) is 3.14. The van der Waals surface area contributed by atoms with Crippen molar-refractivity contribution in [2.24, 2.45) is 5.92 Å². The Morgan fingerprint density at radius 3 is 2.72 bits per heavy atom. The van der Waals surface area contributed by atoms with E-state index >= 15 is 0 Å². The zero-order valence-electron chi connectivity index (χ0n) is 18.9. The van der Waals surface area contributed by atoms with Gasteiger partial charge in [-0.05, 0) is 54.7 Å². The largest absolute Gasteiger partial charge is 0.493 e. The Kier molecular flexibility index (Phi) is 6.61. The molecule has 1 atom stereocenters. The van der Waals surface area contributed by atoms with Crippen molar-refractivity contribution in [3.8, 4) is 17.2 Å². The Balaban J connectivity index is 1.40. The van der Waals surface area contributed by atoms with Crippen LogP contribution >= 0.6 is 0 Å². The van der Waals surface area contributed by atoms with Crippen LogP contribution in [0.25, 0.3) is 11.5 Å². The molecule has 0 saturated heterocycles. The van der Waals surface area contributed by atoms with Crippen LogP contribution in [0.4, 0.5) is 0 Å². The van der Waals surface area contributed by atoms with E-state index in [9.17, 15) is 9.90 Å². The summed E-state index contributed by atoms with van der Waals surface area (Å²) in [4.78, 5) is 18.4. The van der Waals surface area contributed by atoms with Crippen molar-refractivity contribution in [2.75, 3.05) is 13.2 Å². The third-order valence-electron chi connectivity index (χ3n) is 5.81. The van der Waals surface area contributed by atoms with Crippen LogP contribution < -0.4 is 4.74 Å². The molecule has 0 saturated carbocycles. The lowest BCUT2D eigenvalue weighted by molar-refractivity contribution is -0.144. The standard InChI is InChI=1S/C26H30N2O4/c1-17(2)15-28-16-21-13-22(10-9-20(21)14-24(28)26(29)30)31-12-11-23-18(3)32-25(27-23)19-7-5-4-6-8-19/h4-10,13,17,24H,11-12,14-16H2,1-3H3,(H,29,30)/t24-/m0/s1. The van der Waals surface area contributed by atoms with Crippen LogP contribution in [-0.2, 0) is 24.2 Å². The first-order chi connectivity index (χ1) is 15.4. The number of ether oxygens (including phenoxy) is 1. The van der Waals surface area contributed by atoms with E-state index in [0.717, 1.165) is 40.4 Å². The van der Waals surface area contributed by atoms with Gasteiger partial charge in [-0.3, -0.25) is 9.69 Å². The van der Waals surface area contributed by atoms with Crippen molar-refractivity contribution >= 4 is 5.97 Å². The minimum absolute atomic E-state index is 0.407. The van der Waals surface area contributed by atoms with E-state index in [1.807, 2.05) is 55.5 Å². The number of nitrogens with zero attached hydrogens (tertiary/aromatic N) is 2. The lowest BCUT2D eigenvalue weighted by Crippen LogP contribution is -2.46. The topological polar surface area (TPSA) is 75.8 Å². The van der Waals surface area contributed by atoms with Crippen molar-refractivity contribution in [1.29, 1.82) is 0 Å². The van der Waals surface area contributed by atoms with E-state index < -0.39 is 12.0 Å². The van der Waals surface area contributed by atoms with Gasteiger partial charge in [0.2, 0.25) is 5.89 Å². The predicted molar refractivity (Wildman–Crippen MR) is 123 cm³/mol. The fourth-order valence-electron chi connectivity index (χ4n) is 4.24. The lowest BCUT2D eigenvalue weighted by atomic mass is 9.93. The molecule has 0 aliphatic carbocycles. The van der Waals surface area contributed by atoms with Crippen LogP contribution in [0.2, 0.25) is 0 Å². The quantitative estimate of drug-likeness (QED) is 0.552. The zero-order valence-corrected chi connectivity index (χ0v) is 18.9. The molecule has 1 aromatic heterocycles. The molecule has 3 aromatic rings. The average molecular weight is 435 g/mol. The summed E-state index contributed by atoms with van der Waals surface area (Å²) in [5, 5.41) is 9.64. The van der Waals surface area contributed by atoms with E-state index in [2.05, 4.69) is 23.7 Å². The number of hydrogen-bond donors (Lipinski definition) is 1. The first kappa shape index (κ1) is 22.1. The van der Waals surface area contributed by atoms with Crippen molar-refractivity contribution in [3.63, 3.8) is 0 Å². The first-order valence-electron chi connectivity index (χ1n) is 11.1. The maximum absolute atomic E-state index is 11.7. The number of carboxylic acids is 1. The SMILES string of the molecule is Cc1oc(-c2ccccc2)nc1CCOc1ccc2c(c1)CN(CC(C)C)[C@H](C(=O)O)C2. The van der Waals surface area contributed by atoms with E-state index in [1.165, 1.54) is 0 Å². The van der Waals surface area contributed by atoms with Crippen LogP contribution in [0.3, 0.4) is 0 Å². The Hall–Kier alpha value is -3.12. The molecule has 0 amide bonds. The number of hydrogen-bond acceptors (Lipinski definition) is 5. The number of fused-ring (bicyclic) bond motifs is 1. The van der Waals surface area contributed by atoms with Crippen LogP contribution in [0.5, 0.6) is 5.75 Å². The summed E-state index contributed by atoms with van der Waals surface area (Å²) < 4.78 is 11.9. The Morgan fingerprint density at radius 1 is 1.22 bits per heavy atom. The van der Waals surface area contributed by atoms with Gasteiger partial charge in [0, 0.05) is 25.1 Å². The molecule has 32 heavy (non-hydrogen) atoms.